The number of ether oxygens (including phenoxy) is 1. The molecule has 6 nitrogen and oxygen atoms in total. The van der Waals surface area contributed by atoms with Gasteiger partial charge in [-0.25, -0.2) is 4.98 Å². The van der Waals surface area contributed by atoms with E-state index >= 15 is 0 Å². The fraction of sp³-hybridized carbons (Fsp3) is 0.375. The Morgan fingerprint density at radius 1 is 1.35 bits per heavy atom. The molecule has 2 aromatic heterocycles. The summed E-state index contributed by atoms with van der Waals surface area (Å²) in [6.07, 6.45) is 1.45. The lowest BCUT2D eigenvalue weighted by Crippen LogP contribution is -2.09. The summed E-state index contributed by atoms with van der Waals surface area (Å²) >= 11 is 8.31. The Morgan fingerprint density at radius 2 is 2.18 bits per heavy atom. The second-order valence-electron chi connectivity index (χ2n) is 3.15. The van der Waals surface area contributed by atoms with E-state index in [4.69, 9.17) is 16.3 Å². The Balaban J connectivity index is 2.19. The van der Waals surface area contributed by atoms with Crippen molar-refractivity contribution >= 4 is 34.9 Å². The molecular weight excluding hydrogens is 282 g/mol. The van der Waals surface area contributed by atoms with E-state index in [0.29, 0.717) is 5.16 Å². The zero-order valence-electron chi connectivity index (χ0n) is 8.99. The van der Waals surface area contributed by atoms with E-state index in [2.05, 4.69) is 24.3 Å². The minimum absolute atomic E-state index is 0.0205. The van der Waals surface area contributed by atoms with E-state index in [1.807, 2.05) is 13.8 Å². The zero-order chi connectivity index (χ0) is 12.3. The molecule has 0 N–H and O–H groups in total. The number of aromatic nitrogens is 5. The highest BCUT2D eigenvalue weighted by atomic mass is 35.5. The first-order valence-electron chi connectivity index (χ1n) is 4.66. The van der Waals surface area contributed by atoms with Crippen LogP contribution in [0.4, 0.5) is 0 Å². The molecule has 90 valence electrons. The summed E-state index contributed by atoms with van der Waals surface area (Å²) in [7, 11) is 0. The highest BCUT2D eigenvalue weighted by Crippen LogP contribution is 2.26. The maximum Gasteiger partial charge on any atom is 0.322 e. The Morgan fingerprint density at radius 3 is 2.82 bits per heavy atom. The van der Waals surface area contributed by atoms with E-state index in [9.17, 15) is 0 Å². The SMILES string of the molecule is CC(C)Oc1nc(Cl)nc(Sc2ncns2)n1. The molecule has 2 rings (SSSR count). The molecule has 0 bridgehead atoms. The molecule has 0 radical (unpaired) electrons. The molecule has 0 aromatic carbocycles. The van der Waals surface area contributed by atoms with E-state index in [1.165, 1.54) is 29.6 Å². The number of hydrogen-bond acceptors (Lipinski definition) is 8. The minimum Gasteiger partial charge on any atom is -0.461 e. The first-order chi connectivity index (χ1) is 8.13. The van der Waals surface area contributed by atoms with Crippen molar-refractivity contribution in [2.45, 2.75) is 29.4 Å². The summed E-state index contributed by atoms with van der Waals surface area (Å²) in [6.45, 7) is 3.77. The lowest BCUT2D eigenvalue weighted by atomic mass is 10.5. The molecule has 9 heteroatoms. The molecule has 2 heterocycles. The van der Waals surface area contributed by atoms with Crippen LogP contribution in [0.25, 0.3) is 0 Å². The molecule has 0 amide bonds. The summed E-state index contributed by atoms with van der Waals surface area (Å²) < 4.78 is 9.99. The van der Waals surface area contributed by atoms with Crippen LogP contribution < -0.4 is 4.74 Å². The van der Waals surface area contributed by atoms with E-state index in [1.54, 1.807) is 0 Å². The molecule has 0 atom stereocenters. The molecule has 0 aliphatic rings. The van der Waals surface area contributed by atoms with Crippen LogP contribution in [0.5, 0.6) is 6.01 Å². The third kappa shape index (κ3) is 3.76. The minimum atomic E-state index is -0.0205. The van der Waals surface area contributed by atoms with Gasteiger partial charge in [-0.2, -0.15) is 19.3 Å². The number of nitrogens with zero attached hydrogens (tertiary/aromatic N) is 5. The third-order valence-electron chi connectivity index (χ3n) is 1.43. The predicted octanol–water partition coefficient (Wildman–Crippen LogP) is 2.31. The molecule has 0 aliphatic heterocycles. The summed E-state index contributed by atoms with van der Waals surface area (Å²) in [6, 6.07) is 0.215. The van der Waals surface area contributed by atoms with Crippen molar-refractivity contribution in [1.29, 1.82) is 0 Å². The van der Waals surface area contributed by atoms with Gasteiger partial charge in [0.1, 0.15) is 6.33 Å². The maximum atomic E-state index is 5.79. The topological polar surface area (TPSA) is 73.7 Å². The van der Waals surface area contributed by atoms with Crippen molar-refractivity contribution in [2.24, 2.45) is 0 Å². The van der Waals surface area contributed by atoms with Crippen LogP contribution in [0.15, 0.2) is 15.8 Å². The first kappa shape index (κ1) is 12.5. The molecule has 0 unspecified atom stereocenters. The van der Waals surface area contributed by atoms with Crippen LogP contribution in [-0.2, 0) is 0 Å². The summed E-state index contributed by atoms with van der Waals surface area (Å²) in [5, 5.41) is 0.542. The Hall–Kier alpha value is -0.990. The maximum absolute atomic E-state index is 5.79. The van der Waals surface area contributed by atoms with Crippen molar-refractivity contribution in [1.82, 2.24) is 24.3 Å². The predicted molar refractivity (Wildman–Crippen MR) is 64.6 cm³/mol. The molecule has 0 spiro atoms. The van der Waals surface area contributed by atoms with Crippen molar-refractivity contribution in [3.8, 4) is 6.01 Å². The third-order valence-corrected chi connectivity index (χ3v) is 3.18. The lowest BCUT2D eigenvalue weighted by molar-refractivity contribution is 0.219. The second kappa shape index (κ2) is 5.56. The highest BCUT2D eigenvalue weighted by molar-refractivity contribution is 8.00. The smallest absolute Gasteiger partial charge is 0.322 e. The molecule has 0 saturated heterocycles. The largest absolute Gasteiger partial charge is 0.461 e. The molecule has 0 aliphatic carbocycles. The number of halogens is 1. The van der Waals surface area contributed by atoms with E-state index < -0.39 is 0 Å². The quantitative estimate of drug-likeness (QED) is 0.855. The van der Waals surface area contributed by atoms with E-state index in [0.717, 1.165) is 4.34 Å². The van der Waals surface area contributed by atoms with Crippen molar-refractivity contribution in [3.63, 3.8) is 0 Å². The van der Waals surface area contributed by atoms with Gasteiger partial charge in [0.25, 0.3) is 0 Å². The van der Waals surface area contributed by atoms with Crippen LogP contribution in [0.1, 0.15) is 13.8 Å². The monoisotopic (exact) mass is 289 g/mol. The average molecular weight is 290 g/mol. The van der Waals surface area contributed by atoms with Crippen LogP contribution in [0, 0.1) is 0 Å². The van der Waals surface area contributed by atoms with E-state index in [-0.39, 0.29) is 17.4 Å². The Labute approximate surface area is 111 Å². The summed E-state index contributed by atoms with van der Waals surface area (Å²) in [5.41, 5.74) is 0. The van der Waals surface area contributed by atoms with Crippen molar-refractivity contribution in [3.05, 3.63) is 11.6 Å². The summed E-state index contributed by atoms with van der Waals surface area (Å²) in [5.74, 6) is 0. The molecule has 0 fully saturated rings. The normalized spacial score (nSPS) is 10.8. The van der Waals surface area contributed by atoms with Gasteiger partial charge in [0.15, 0.2) is 4.34 Å². The molecule has 17 heavy (non-hydrogen) atoms. The van der Waals surface area contributed by atoms with Gasteiger partial charge in [0.2, 0.25) is 10.4 Å². The molecule has 2 aromatic rings. The van der Waals surface area contributed by atoms with Gasteiger partial charge in [-0.1, -0.05) is 0 Å². The Bertz CT molecular complexity index is 493. The number of hydrogen-bond donors (Lipinski definition) is 0. The van der Waals surface area contributed by atoms with Gasteiger partial charge < -0.3 is 4.74 Å². The van der Waals surface area contributed by atoms with Gasteiger partial charge >= 0.3 is 6.01 Å². The van der Waals surface area contributed by atoms with Gasteiger partial charge in [-0.3, -0.25) is 0 Å². The van der Waals surface area contributed by atoms with Crippen LogP contribution in [0.3, 0.4) is 0 Å². The van der Waals surface area contributed by atoms with Crippen LogP contribution >= 0.6 is 34.9 Å². The van der Waals surface area contributed by atoms with Crippen molar-refractivity contribution < 1.29 is 4.74 Å². The van der Waals surface area contributed by atoms with Gasteiger partial charge in [-0.15, -0.1) is 0 Å². The fourth-order valence-corrected chi connectivity index (χ4v) is 2.40. The fourth-order valence-electron chi connectivity index (χ4n) is 0.910. The van der Waals surface area contributed by atoms with Gasteiger partial charge in [0.05, 0.1) is 6.10 Å². The van der Waals surface area contributed by atoms with Gasteiger partial charge in [-0.05, 0) is 48.7 Å². The standard InChI is InChI=1S/C8H8ClN5OS2/c1-4(2)15-6-12-5(9)13-7(14-6)16-8-10-3-11-17-8/h3-4H,1-2H3. The first-order valence-corrected chi connectivity index (χ1v) is 6.63. The van der Waals surface area contributed by atoms with Crippen LogP contribution in [0.2, 0.25) is 5.28 Å². The summed E-state index contributed by atoms with van der Waals surface area (Å²) in [4.78, 5) is 16.0. The van der Waals surface area contributed by atoms with Gasteiger partial charge in [0, 0.05) is 0 Å². The molecule has 0 saturated carbocycles. The average Bonchev–Trinajstić information content (AvgIpc) is 2.67. The highest BCUT2D eigenvalue weighted by Gasteiger charge is 2.10. The lowest BCUT2D eigenvalue weighted by Gasteiger charge is -2.07. The zero-order valence-corrected chi connectivity index (χ0v) is 11.4. The van der Waals surface area contributed by atoms with Crippen LogP contribution in [-0.4, -0.2) is 30.4 Å². The molecular formula is C8H8ClN5OS2. The Kier molecular flexibility index (Phi) is 4.08. The number of rotatable bonds is 4. The van der Waals surface area contributed by atoms with Crippen molar-refractivity contribution in [2.75, 3.05) is 0 Å². The second-order valence-corrected chi connectivity index (χ2v) is 5.48.